The van der Waals surface area contributed by atoms with E-state index in [1.165, 1.54) is 0 Å². The third-order valence-corrected chi connectivity index (χ3v) is 5.31. The molecule has 134 valence electrons. The van der Waals surface area contributed by atoms with E-state index in [1.807, 2.05) is 6.07 Å². The van der Waals surface area contributed by atoms with Crippen molar-refractivity contribution in [3.8, 4) is 11.5 Å². The number of piperidine rings is 2. The van der Waals surface area contributed by atoms with Crippen LogP contribution in [-0.2, 0) is 6.54 Å². The molecule has 3 rings (SSSR count). The molecule has 0 amide bonds. The van der Waals surface area contributed by atoms with Gasteiger partial charge in [-0.3, -0.25) is 9.80 Å². The summed E-state index contributed by atoms with van der Waals surface area (Å²) in [4.78, 5) is 4.48. The minimum Gasteiger partial charge on any atom is -0.507 e. The van der Waals surface area contributed by atoms with Gasteiger partial charge >= 0.3 is 0 Å². The Morgan fingerprint density at radius 1 is 1.12 bits per heavy atom. The maximum atomic E-state index is 10.6. The Balaban J connectivity index is 1.60. The molecule has 2 fully saturated rings. The summed E-state index contributed by atoms with van der Waals surface area (Å²) < 4.78 is 5.34. The highest BCUT2D eigenvalue weighted by Crippen LogP contribution is 2.30. The second-order valence-corrected chi connectivity index (χ2v) is 6.88. The Bertz CT molecular complexity index is 546. The summed E-state index contributed by atoms with van der Waals surface area (Å²) in [5, 5.41) is 30.3. The van der Waals surface area contributed by atoms with Crippen LogP contribution in [0.5, 0.6) is 11.5 Å². The molecule has 1 aromatic rings. The smallest absolute Gasteiger partial charge is 0.127 e. The molecule has 0 radical (unpaired) electrons. The molecule has 6 heteroatoms. The first-order valence-corrected chi connectivity index (χ1v) is 8.76. The molecule has 3 N–H and O–H groups in total. The van der Waals surface area contributed by atoms with Crippen molar-refractivity contribution < 1.29 is 20.1 Å². The van der Waals surface area contributed by atoms with E-state index >= 15 is 0 Å². The topological polar surface area (TPSA) is 76.4 Å². The summed E-state index contributed by atoms with van der Waals surface area (Å²) in [5.74, 6) is 0.910. The van der Waals surface area contributed by atoms with Gasteiger partial charge in [-0.25, -0.2) is 0 Å². The van der Waals surface area contributed by atoms with E-state index in [0.717, 1.165) is 44.5 Å². The first-order valence-electron chi connectivity index (χ1n) is 8.76. The van der Waals surface area contributed by atoms with Gasteiger partial charge in [-0.2, -0.15) is 0 Å². The highest BCUT2D eigenvalue weighted by Gasteiger charge is 2.34. The average molecular weight is 336 g/mol. The number of nitrogens with zero attached hydrogens (tertiary/aromatic N) is 2. The lowest BCUT2D eigenvalue weighted by Crippen LogP contribution is -2.55. The quantitative estimate of drug-likeness (QED) is 0.755. The molecule has 0 bridgehead atoms. The van der Waals surface area contributed by atoms with Gasteiger partial charge in [0.2, 0.25) is 0 Å². The largest absolute Gasteiger partial charge is 0.507 e. The van der Waals surface area contributed by atoms with Crippen molar-refractivity contribution in [3.05, 3.63) is 23.8 Å². The van der Waals surface area contributed by atoms with Gasteiger partial charge in [0.05, 0.1) is 19.3 Å². The molecule has 0 unspecified atom stereocenters. The number of aliphatic hydroxyl groups is 2. The highest BCUT2D eigenvalue weighted by atomic mass is 16.5. The van der Waals surface area contributed by atoms with Gasteiger partial charge in [-0.1, -0.05) is 6.07 Å². The molecule has 1 aromatic carbocycles. The van der Waals surface area contributed by atoms with Gasteiger partial charge in [0.15, 0.2) is 0 Å². The van der Waals surface area contributed by atoms with Gasteiger partial charge in [0.25, 0.3) is 0 Å². The predicted octanol–water partition coefficient (Wildman–Crippen LogP) is 0.793. The lowest BCUT2D eigenvalue weighted by atomic mass is 9.96. The van der Waals surface area contributed by atoms with Crippen LogP contribution >= 0.6 is 0 Å². The lowest BCUT2D eigenvalue weighted by Gasteiger charge is -2.43. The molecule has 0 aliphatic carbocycles. The fourth-order valence-corrected chi connectivity index (χ4v) is 3.90. The van der Waals surface area contributed by atoms with Crippen LogP contribution in [0.1, 0.15) is 24.8 Å². The van der Waals surface area contributed by atoms with E-state index in [9.17, 15) is 15.3 Å². The van der Waals surface area contributed by atoms with E-state index in [1.54, 1.807) is 19.2 Å². The van der Waals surface area contributed by atoms with Crippen molar-refractivity contribution in [3.63, 3.8) is 0 Å². The van der Waals surface area contributed by atoms with Gasteiger partial charge < -0.3 is 20.1 Å². The number of hydrogen-bond donors (Lipinski definition) is 3. The van der Waals surface area contributed by atoms with Crippen molar-refractivity contribution in [2.24, 2.45) is 0 Å². The van der Waals surface area contributed by atoms with E-state index in [2.05, 4.69) is 9.80 Å². The molecule has 0 spiro atoms. The predicted molar refractivity (Wildman–Crippen MR) is 91.2 cm³/mol. The SMILES string of the molecule is COc1cccc(O)c1CN1CC[C@@H](N2CCC(O)CC2)[C@H](O)C1. The molecule has 2 saturated heterocycles. The molecule has 2 aliphatic rings. The summed E-state index contributed by atoms with van der Waals surface area (Å²) in [6, 6.07) is 5.45. The molecule has 2 atom stereocenters. The maximum absolute atomic E-state index is 10.6. The van der Waals surface area contributed by atoms with Crippen LogP contribution in [0.3, 0.4) is 0 Å². The van der Waals surface area contributed by atoms with Crippen molar-refractivity contribution in [1.82, 2.24) is 9.80 Å². The molecule has 24 heavy (non-hydrogen) atoms. The highest BCUT2D eigenvalue weighted by molar-refractivity contribution is 5.43. The van der Waals surface area contributed by atoms with Crippen LogP contribution < -0.4 is 4.74 Å². The number of aromatic hydroxyl groups is 1. The van der Waals surface area contributed by atoms with E-state index < -0.39 is 6.10 Å². The standard InChI is InChI=1S/C18H28N2O4/c1-24-18-4-2-3-16(22)14(18)11-19-8-7-15(17(23)12-19)20-9-5-13(21)6-10-20/h2-4,13,15,17,21-23H,5-12H2,1H3/t15-,17-/m1/s1. The van der Waals surface area contributed by atoms with E-state index in [-0.39, 0.29) is 17.9 Å². The summed E-state index contributed by atoms with van der Waals surface area (Å²) in [5.41, 5.74) is 0.770. The van der Waals surface area contributed by atoms with Gasteiger partial charge in [0, 0.05) is 44.3 Å². The monoisotopic (exact) mass is 336 g/mol. The molecule has 6 nitrogen and oxygen atoms in total. The second-order valence-electron chi connectivity index (χ2n) is 6.88. The summed E-state index contributed by atoms with van der Waals surface area (Å²) in [7, 11) is 1.60. The van der Waals surface area contributed by atoms with Crippen LogP contribution in [0.2, 0.25) is 0 Å². The Labute approximate surface area is 143 Å². The first kappa shape index (κ1) is 17.5. The van der Waals surface area contributed by atoms with Crippen molar-refractivity contribution >= 4 is 0 Å². The number of phenols is 1. The Kier molecular flexibility index (Phi) is 5.61. The molecular weight excluding hydrogens is 308 g/mol. The van der Waals surface area contributed by atoms with Crippen LogP contribution in [-0.4, -0.2) is 76.7 Å². The van der Waals surface area contributed by atoms with Gasteiger partial charge in [0.1, 0.15) is 11.5 Å². The minimum atomic E-state index is -0.411. The van der Waals surface area contributed by atoms with Crippen molar-refractivity contribution in [2.75, 3.05) is 33.3 Å². The van der Waals surface area contributed by atoms with Gasteiger partial charge in [-0.05, 0) is 31.4 Å². The molecular formula is C18H28N2O4. The Morgan fingerprint density at radius 2 is 1.88 bits per heavy atom. The number of hydrogen-bond acceptors (Lipinski definition) is 6. The van der Waals surface area contributed by atoms with Crippen LogP contribution in [0.4, 0.5) is 0 Å². The van der Waals surface area contributed by atoms with Crippen molar-refractivity contribution in [1.29, 1.82) is 0 Å². The zero-order valence-corrected chi connectivity index (χ0v) is 14.3. The number of β-amino-alcohol motifs (C(OH)–C–C–N with tert-alkyl or cyclic N) is 1. The number of likely N-dealkylation sites (tertiary alicyclic amines) is 2. The molecule has 2 heterocycles. The summed E-state index contributed by atoms with van der Waals surface area (Å²) >= 11 is 0. The fraction of sp³-hybridized carbons (Fsp3) is 0.667. The number of rotatable bonds is 4. The summed E-state index contributed by atoms with van der Waals surface area (Å²) in [6.45, 7) is 3.74. The zero-order chi connectivity index (χ0) is 17.1. The van der Waals surface area contributed by atoms with Crippen LogP contribution in [0.15, 0.2) is 18.2 Å². The van der Waals surface area contributed by atoms with Crippen molar-refractivity contribution in [2.45, 2.75) is 44.1 Å². The average Bonchev–Trinajstić information content (AvgIpc) is 2.58. The van der Waals surface area contributed by atoms with E-state index in [0.29, 0.717) is 18.8 Å². The second kappa shape index (κ2) is 7.70. The summed E-state index contributed by atoms with van der Waals surface area (Å²) in [6.07, 6.45) is 1.88. The van der Waals surface area contributed by atoms with E-state index in [4.69, 9.17) is 4.74 Å². The third-order valence-electron chi connectivity index (χ3n) is 5.31. The first-order chi connectivity index (χ1) is 11.6. The Morgan fingerprint density at radius 3 is 2.54 bits per heavy atom. The number of benzene rings is 1. The lowest BCUT2D eigenvalue weighted by molar-refractivity contribution is -0.0357. The zero-order valence-electron chi connectivity index (χ0n) is 14.3. The fourth-order valence-electron chi connectivity index (χ4n) is 3.90. The normalized spacial score (nSPS) is 27.3. The van der Waals surface area contributed by atoms with Gasteiger partial charge in [-0.15, -0.1) is 0 Å². The number of aliphatic hydroxyl groups excluding tert-OH is 2. The number of methoxy groups -OCH3 is 1. The number of phenolic OH excluding ortho intramolecular Hbond substituents is 1. The van der Waals surface area contributed by atoms with Crippen LogP contribution in [0, 0.1) is 0 Å². The molecule has 2 aliphatic heterocycles. The minimum absolute atomic E-state index is 0.167. The number of ether oxygens (including phenoxy) is 1. The molecule has 0 saturated carbocycles. The Hall–Kier alpha value is -1.34. The molecule has 0 aromatic heterocycles. The third kappa shape index (κ3) is 3.83. The van der Waals surface area contributed by atoms with Crippen LogP contribution in [0.25, 0.3) is 0 Å². The maximum Gasteiger partial charge on any atom is 0.127 e.